The van der Waals surface area contributed by atoms with E-state index in [0.29, 0.717) is 11.2 Å². The molecule has 18 heavy (non-hydrogen) atoms. The molecule has 0 bridgehead atoms. The maximum Gasteiger partial charge on any atom is 0.133 e. The van der Waals surface area contributed by atoms with Crippen molar-refractivity contribution in [1.82, 2.24) is 9.88 Å². The number of halogens is 1. The topological polar surface area (TPSA) is 25.4 Å². The van der Waals surface area contributed by atoms with Gasteiger partial charge in [-0.3, -0.25) is 4.90 Å². The fourth-order valence-electron chi connectivity index (χ4n) is 2.27. The van der Waals surface area contributed by atoms with Crippen molar-refractivity contribution in [2.45, 2.75) is 32.4 Å². The van der Waals surface area contributed by atoms with Crippen molar-refractivity contribution in [3.63, 3.8) is 0 Å². The fraction of sp³-hybridized carbons (Fsp3) is 0.643. The summed E-state index contributed by atoms with van der Waals surface area (Å²) >= 11 is 6.13. The van der Waals surface area contributed by atoms with Crippen LogP contribution in [0.3, 0.4) is 0 Å². The molecule has 0 amide bonds. The van der Waals surface area contributed by atoms with E-state index in [-0.39, 0.29) is 0 Å². The van der Waals surface area contributed by atoms with Gasteiger partial charge in [0.1, 0.15) is 5.15 Å². The molecule has 4 heteroatoms. The van der Waals surface area contributed by atoms with Crippen LogP contribution in [0, 0.1) is 5.92 Å². The first-order valence-corrected chi connectivity index (χ1v) is 6.92. The molecule has 0 radical (unpaired) electrons. The van der Waals surface area contributed by atoms with E-state index in [1.54, 1.807) is 13.3 Å². The van der Waals surface area contributed by atoms with Crippen LogP contribution in [0.1, 0.15) is 25.3 Å². The first-order valence-electron chi connectivity index (χ1n) is 6.54. The Morgan fingerprint density at radius 1 is 1.56 bits per heavy atom. The second-order valence-electron chi connectivity index (χ2n) is 4.99. The molecule has 0 N–H and O–H groups in total. The zero-order valence-corrected chi connectivity index (χ0v) is 11.9. The fourth-order valence-corrected chi connectivity index (χ4v) is 2.45. The van der Waals surface area contributed by atoms with Gasteiger partial charge in [0.25, 0.3) is 0 Å². The van der Waals surface area contributed by atoms with E-state index in [0.717, 1.165) is 31.2 Å². The van der Waals surface area contributed by atoms with E-state index >= 15 is 0 Å². The summed E-state index contributed by atoms with van der Waals surface area (Å²) in [6, 6.07) is 4.59. The van der Waals surface area contributed by atoms with Gasteiger partial charge in [0.15, 0.2) is 0 Å². The summed E-state index contributed by atoms with van der Waals surface area (Å²) in [4.78, 5) is 6.59. The van der Waals surface area contributed by atoms with Crippen LogP contribution in [-0.4, -0.2) is 36.2 Å². The van der Waals surface area contributed by atoms with Crippen LogP contribution >= 0.6 is 11.6 Å². The Morgan fingerprint density at radius 2 is 2.33 bits per heavy atom. The number of pyridine rings is 1. The lowest BCUT2D eigenvalue weighted by atomic mass is 10.1. The lowest BCUT2D eigenvalue weighted by Crippen LogP contribution is -2.36. The lowest BCUT2D eigenvalue weighted by Gasteiger charge is -2.29. The van der Waals surface area contributed by atoms with E-state index in [4.69, 9.17) is 16.3 Å². The third kappa shape index (κ3) is 3.67. The van der Waals surface area contributed by atoms with Gasteiger partial charge in [-0.2, -0.15) is 0 Å². The van der Waals surface area contributed by atoms with Crippen LogP contribution in [0.15, 0.2) is 18.3 Å². The maximum atomic E-state index is 6.13. The molecule has 1 unspecified atom stereocenters. The highest BCUT2D eigenvalue weighted by Gasteiger charge is 2.31. The van der Waals surface area contributed by atoms with Gasteiger partial charge in [0, 0.05) is 38.0 Å². The smallest absolute Gasteiger partial charge is 0.133 e. The third-order valence-corrected chi connectivity index (χ3v) is 4.01. The van der Waals surface area contributed by atoms with Gasteiger partial charge < -0.3 is 4.74 Å². The second kappa shape index (κ2) is 6.50. The lowest BCUT2D eigenvalue weighted by molar-refractivity contribution is 0.111. The molecule has 1 saturated carbocycles. The highest BCUT2D eigenvalue weighted by atomic mass is 35.5. The van der Waals surface area contributed by atoms with Gasteiger partial charge >= 0.3 is 0 Å². The largest absolute Gasteiger partial charge is 0.383 e. The summed E-state index contributed by atoms with van der Waals surface area (Å²) < 4.78 is 5.20. The second-order valence-corrected chi connectivity index (χ2v) is 5.35. The van der Waals surface area contributed by atoms with E-state index in [2.05, 4.69) is 22.9 Å². The van der Waals surface area contributed by atoms with E-state index < -0.39 is 0 Å². The zero-order chi connectivity index (χ0) is 13.0. The Kier molecular flexibility index (Phi) is 4.98. The van der Waals surface area contributed by atoms with Crippen molar-refractivity contribution in [3.05, 3.63) is 29.0 Å². The number of methoxy groups -OCH3 is 1. The highest BCUT2D eigenvalue weighted by Crippen LogP contribution is 2.35. The summed E-state index contributed by atoms with van der Waals surface area (Å²) in [6.45, 7) is 4.86. The van der Waals surface area contributed by atoms with Gasteiger partial charge in [-0.1, -0.05) is 17.7 Å². The quantitative estimate of drug-likeness (QED) is 0.711. The highest BCUT2D eigenvalue weighted by molar-refractivity contribution is 6.30. The first-order chi connectivity index (χ1) is 8.72. The number of hydrogen-bond acceptors (Lipinski definition) is 3. The van der Waals surface area contributed by atoms with Crippen molar-refractivity contribution in [3.8, 4) is 0 Å². The average molecular weight is 269 g/mol. The molecule has 3 nitrogen and oxygen atoms in total. The Labute approximate surface area is 114 Å². The van der Waals surface area contributed by atoms with Crippen molar-refractivity contribution >= 4 is 11.6 Å². The van der Waals surface area contributed by atoms with Gasteiger partial charge in [-0.05, 0) is 31.7 Å². The SMILES string of the molecule is COCCN(Cc1cccnc1Cl)C(C)C1CC1. The molecule has 1 aromatic rings. The molecule has 1 heterocycles. The van der Waals surface area contributed by atoms with Crippen molar-refractivity contribution in [2.24, 2.45) is 5.92 Å². The predicted molar refractivity (Wildman–Crippen MR) is 73.7 cm³/mol. The monoisotopic (exact) mass is 268 g/mol. The van der Waals surface area contributed by atoms with Crippen LogP contribution < -0.4 is 0 Å². The molecular weight excluding hydrogens is 248 g/mol. The van der Waals surface area contributed by atoms with Crippen LogP contribution in [-0.2, 0) is 11.3 Å². The van der Waals surface area contributed by atoms with Gasteiger partial charge in [0.05, 0.1) is 6.61 Å². The number of aromatic nitrogens is 1. The minimum absolute atomic E-state index is 0.594. The number of ether oxygens (including phenoxy) is 1. The first kappa shape index (κ1) is 13.8. The van der Waals surface area contributed by atoms with E-state index in [9.17, 15) is 0 Å². The molecular formula is C14H21ClN2O. The minimum Gasteiger partial charge on any atom is -0.383 e. The number of rotatable bonds is 7. The maximum absolute atomic E-state index is 6.13. The van der Waals surface area contributed by atoms with Crippen molar-refractivity contribution < 1.29 is 4.74 Å². The molecule has 0 aromatic carbocycles. The molecule has 0 spiro atoms. The predicted octanol–water partition coefficient (Wildman–Crippen LogP) is 2.98. The standard InChI is InChI=1S/C14H21ClN2O/c1-11(12-5-6-12)17(8-9-18-2)10-13-4-3-7-16-14(13)15/h3-4,7,11-12H,5-6,8-10H2,1-2H3. The molecule has 1 aliphatic rings. The van der Waals surface area contributed by atoms with Gasteiger partial charge in [-0.25, -0.2) is 4.98 Å². The van der Waals surface area contributed by atoms with Crippen LogP contribution in [0.5, 0.6) is 0 Å². The molecule has 100 valence electrons. The number of nitrogens with zero attached hydrogens (tertiary/aromatic N) is 2. The summed E-state index contributed by atoms with van der Waals surface area (Å²) in [5, 5.41) is 0.614. The van der Waals surface area contributed by atoms with Crippen molar-refractivity contribution in [2.75, 3.05) is 20.3 Å². The Balaban J connectivity index is 2.01. The summed E-state index contributed by atoms with van der Waals surface area (Å²) in [7, 11) is 1.75. The molecule has 1 aliphatic carbocycles. The van der Waals surface area contributed by atoms with E-state index in [1.807, 2.05) is 6.07 Å². The Bertz CT molecular complexity index is 382. The van der Waals surface area contributed by atoms with Crippen LogP contribution in [0.25, 0.3) is 0 Å². The van der Waals surface area contributed by atoms with Crippen LogP contribution in [0.4, 0.5) is 0 Å². The third-order valence-electron chi connectivity index (χ3n) is 3.67. The average Bonchev–Trinajstić information content (AvgIpc) is 3.20. The summed E-state index contributed by atoms with van der Waals surface area (Å²) in [6.07, 6.45) is 4.44. The number of hydrogen-bond donors (Lipinski definition) is 0. The molecule has 1 aromatic heterocycles. The Morgan fingerprint density at radius 3 is 2.94 bits per heavy atom. The Hall–Kier alpha value is -0.640. The molecule has 0 saturated heterocycles. The summed E-state index contributed by atoms with van der Waals surface area (Å²) in [5.41, 5.74) is 1.10. The van der Waals surface area contributed by atoms with Gasteiger partial charge in [-0.15, -0.1) is 0 Å². The molecule has 0 aliphatic heterocycles. The van der Waals surface area contributed by atoms with Crippen molar-refractivity contribution in [1.29, 1.82) is 0 Å². The molecule has 2 rings (SSSR count). The zero-order valence-electron chi connectivity index (χ0n) is 11.1. The van der Waals surface area contributed by atoms with E-state index in [1.165, 1.54) is 12.8 Å². The van der Waals surface area contributed by atoms with Gasteiger partial charge in [0.2, 0.25) is 0 Å². The molecule has 1 fully saturated rings. The molecule has 1 atom stereocenters. The minimum atomic E-state index is 0.594. The summed E-state index contributed by atoms with van der Waals surface area (Å²) in [5.74, 6) is 0.845. The normalized spacial score (nSPS) is 17.1. The van der Waals surface area contributed by atoms with Crippen LogP contribution in [0.2, 0.25) is 5.15 Å².